The van der Waals surface area contributed by atoms with Crippen molar-refractivity contribution in [3.63, 3.8) is 0 Å². The summed E-state index contributed by atoms with van der Waals surface area (Å²) >= 11 is 0. The summed E-state index contributed by atoms with van der Waals surface area (Å²) in [5, 5.41) is 0. The molecule has 0 spiro atoms. The van der Waals surface area contributed by atoms with Crippen molar-refractivity contribution in [2.75, 3.05) is 13.7 Å². The summed E-state index contributed by atoms with van der Waals surface area (Å²) in [6.45, 7) is 13.1. The van der Waals surface area contributed by atoms with Gasteiger partial charge in [-0.1, -0.05) is 83.7 Å². The van der Waals surface area contributed by atoms with Gasteiger partial charge in [-0.05, 0) is 101 Å². The smallest absolute Gasteiger partial charge is 0.0598 e. The molecule has 2 nitrogen and oxygen atoms in total. The summed E-state index contributed by atoms with van der Waals surface area (Å²) in [5.74, 6) is 5.20. The first-order chi connectivity index (χ1) is 17.2. The maximum Gasteiger partial charge on any atom is 0.0598 e. The molecule has 0 aromatic heterocycles. The van der Waals surface area contributed by atoms with Crippen LogP contribution < -0.4 is 0 Å². The zero-order chi connectivity index (χ0) is 25.5. The van der Waals surface area contributed by atoms with Gasteiger partial charge in [-0.25, -0.2) is 0 Å². The van der Waals surface area contributed by atoms with Crippen molar-refractivity contribution in [3.8, 4) is 0 Å². The van der Waals surface area contributed by atoms with Gasteiger partial charge < -0.3 is 4.74 Å². The van der Waals surface area contributed by atoms with E-state index in [1.807, 2.05) is 0 Å². The first-order valence-electron chi connectivity index (χ1n) is 16.6. The Labute approximate surface area is 226 Å². The molecule has 4 aliphatic carbocycles. The molecule has 4 saturated carbocycles. The van der Waals surface area contributed by atoms with E-state index in [2.05, 4.69) is 46.2 Å². The summed E-state index contributed by atoms with van der Waals surface area (Å²) in [6.07, 6.45) is 22.6. The lowest BCUT2D eigenvalue weighted by atomic mass is 9.73. The molecule has 1 heterocycles. The van der Waals surface area contributed by atoms with Crippen LogP contribution in [-0.2, 0) is 4.74 Å². The molecule has 0 amide bonds. The highest BCUT2D eigenvalue weighted by Gasteiger charge is 2.65. The maximum atomic E-state index is 6.02. The Morgan fingerprint density at radius 3 is 2.19 bits per heavy atom. The average Bonchev–Trinajstić information content (AvgIpc) is 3.54. The fraction of sp³-hybridized carbons (Fsp3) is 1.00. The molecule has 5 fully saturated rings. The number of nitrogens with zero attached hydrogens (tertiary/aromatic N) is 1. The highest BCUT2D eigenvalue weighted by Crippen LogP contribution is 2.68. The molecule has 0 aromatic carbocycles. The van der Waals surface area contributed by atoms with Crippen LogP contribution in [0.25, 0.3) is 0 Å². The molecule has 5 rings (SSSR count). The first-order valence-corrected chi connectivity index (χ1v) is 19.4. The molecular weight excluding hydrogens is 454 g/mol. The standard InChI is InChI=1S/C33H61NOSi/c1-24-19-20-29-28(23-24)30-31(34(29)5)26-17-11-12-18-27(26)32(30)36(6,25-15-9-10-16-25)22-14-8-7-13-21-35-33(2,3)4/h24-32H,7-23H2,1-6H3. The molecular formula is C33H61NOSi. The number of likely N-dealkylation sites (tertiary alicyclic amines) is 1. The van der Waals surface area contributed by atoms with Crippen LogP contribution in [-0.4, -0.2) is 44.3 Å². The second-order valence-corrected chi connectivity index (χ2v) is 20.6. The van der Waals surface area contributed by atoms with E-state index in [-0.39, 0.29) is 5.60 Å². The molecule has 0 N–H and O–H groups in total. The predicted molar refractivity (Wildman–Crippen MR) is 157 cm³/mol. The Morgan fingerprint density at radius 1 is 0.806 bits per heavy atom. The van der Waals surface area contributed by atoms with Gasteiger partial charge in [0.15, 0.2) is 0 Å². The van der Waals surface area contributed by atoms with Crippen LogP contribution in [0.3, 0.4) is 0 Å². The van der Waals surface area contributed by atoms with E-state index in [9.17, 15) is 0 Å². The van der Waals surface area contributed by atoms with Crippen molar-refractivity contribution < 1.29 is 4.74 Å². The zero-order valence-electron chi connectivity index (χ0n) is 25.1. The molecule has 5 aliphatic rings. The van der Waals surface area contributed by atoms with Gasteiger partial charge in [0.1, 0.15) is 0 Å². The van der Waals surface area contributed by atoms with E-state index in [1.54, 1.807) is 38.1 Å². The number of unbranched alkanes of at least 4 members (excludes halogenated alkanes) is 3. The van der Waals surface area contributed by atoms with Gasteiger partial charge in [0.2, 0.25) is 0 Å². The lowest BCUT2D eigenvalue weighted by Crippen LogP contribution is -2.47. The average molecular weight is 516 g/mol. The fourth-order valence-electron chi connectivity index (χ4n) is 11.0. The van der Waals surface area contributed by atoms with Gasteiger partial charge in [0.05, 0.1) is 13.7 Å². The number of ether oxygens (including phenoxy) is 1. The summed E-state index contributed by atoms with van der Waals surface area (Å²) < 4.78 is 6.02. The fourth-order valence-corrected chi connectivity index (χ4v) is 17.7. The van der Waals surface area contributed by atoms with E-state index in [1.165, 1.54) is 64.2 Å². The molecule has 208 valence electrons. The maximum absolute atomic E-state index is 6.02. The van der Waals surface area contributed by atoms with Crippen molar-refractivity contribution >= 4 is 8.07 Å². The molecule has 0 aromatic rings. The van der Waals surface area contributed by atoms with Crippen LogP contribution in [0.5, 0.6) is 0 Å². The van der Waals surface area contributed by atoms with Gasteiger partial charge in [-0.3, -0.25) is 4.90 Å². The van der Waals surface area contributed by atoms with Crippen molar-refractivity contribution in [2.45, 2.75) is 165 Å². The Kier molecular flexibility index (Phi) is 8.71. The van der Waals surface area contributed by atoms with Gasteiger partial charge >= 0.3 is 0 Å². The molecule has 1 saturated heterocycles. The summed E-state index contributed by atoms with van der Waals surface area (Å²) in [6, 6.07) is 3.51. The molecule has 0 bridgehead atoms. The van der Waals surface area contributed by atoms with Gasteiger partial charge in [-0.2, -0.15) is 0 Å². The topological polar surface area (TPSA) is 12.5 Å². The Hall–Kier alpha value is 0.137. The number of rotatable bonds is 9. The largest absolute Gasteiger partial charge is 0.376 e. The SMILES string of the molecule is CC1CCC2C(C1)C1C(C3CCCCC3C1[Si](C)(CCCCCCOC(C)(C)C)C1CCCC1)N2C. The molecule has 9 unspecified atom stereocenters. The minimum Gasteiger partial charge on any atom is -0.376 e. The van der Waals surface area contributed by atoms with Gasteiger partial charge in [0, 0.05) is 18.7 Å². The molecule has 0 radical (unpaired) electrons. The summed E-state index contributed by atoms with van der Waals surface area (Å²) in [7, 11) is 1.22. The van der Waals surface area contributed by atoms with Crippen molar-refractivity contribution in [1.29, 1.82) is 0 Å². The Bertz CT molecular complexity index is 713. The van der Waals surface area contributed by atoms with Crippen LogP contribution >= 0.6 is 0 Å². The second kappa shape index (κ2) is 11.3. The van der Waals surface area contributed by atoms with E-state index < -0.39 is 8.07 Å². The minimum atomic E-state index is -1.36. The molecule has 1 aliphatic heterocycles. The van der Waals surface area contributed by atoms with Crippen LogP contribution in [0, 0.1) is 29.6 Å². The summed E-state index contributed by atoms with van der Waals surface area (Å²) in [4.78, 5) is 3.02. The van der Waals surface area contributed by atoms with E-state index in [4.69, 9.17) is 4.74 Å². The van der Waals surface area contributed by atoms with Crippen molar-refractivity contribution in [1.82, 2.24) is 4.90 Å². The van der Waals surface area contributed by atoms with E-state index >= 15 is 0 Å². The first kappa shape index (κ1) is 27.7. The Morgan fingerprint density at radius 2 is 1.47 bits per heavy atom. The predicted octanol–water partition coefficient (Wildman–Crippen LogP) is 9.31. The highest BCUT2D eigenvalue weighted by atomic mass is 28.3. The second-order valence-electron chi connectivity index (χ2n) is 15.6. The summed E-state index contributed by atoms with van der Waals surface area (Å²) in [5.41, 5.74) is 2.30. The van der Waals surface area contributed by atoms with E-state index in [0.717, 1.165) is 59.4 Å². The lowest BCUT2D eigenvalue weighted by Gasteiger charge is -2.48. The third-order valence-electron chi connectivity index (χ3n) is 12.4. The van der Waals surface area contributed by atoms with Crippen LogP contribution in [0.4, 0.5) is 0 Å². The highest BCUT2D eigenvalue weighted by molar-refractivity contribution is 6.81. The molecule has 36 heavy (non-hydrogen) atoms. The van der Waals surface area contributed by atoms with Crippen LogP contribution in [0.2, 0.25) is 23.7 Å². The van der Waals surface area contributed by atoms with Crippen molar-refractivity contribution in [2.24, 2.45) is 29.6 Å². The van der Waals surface area contributed by atoms with Gasteiger partial charge in [-0.15, -0.1) is 0 Å². The molecule has 3 heteroatoms. The number of fused-ring (bicyclic) bond motifs is 5. The Balaban J connectivity index is 1.34. The minimum absolute atomic E-state index is 0.0203. The van der Waals surface area contributed by atoms with Crippen LogP contribution in [0.15, 0.2) is 0 Å². The monoisotopic (exact) mass is 515 g/mol. The lowest BCUT2D eigenvalue weighted by molar-refractivity contribution is -0.00471. The van der Waals surface area contributed by atoms with Crippen molar-refractivity contribution in [3.05, 3.63) is 0 Å². The normalized spacial score (nSPS) is 41.2. The van der Waals surface area contributed by atoms with E-state index in [0.29, 0.717) is 0 Å². The van der Waals surface area contributed by atoms with Gasteiger partial charge in [0.25, 0.3) is 0 Å². The third kappa shape index (κ3) is 5.42. The quantitative estimate of drug-likeness (QED) is 0.224. The number of hydrogen-bond donors (Lipinski definition) is 0. The number of hydrogen-bond acceptors (Lipinski definition) is 2. The third-order valence-corrected chi connectivity index (χ3v) is 18.6. The molecule has 9 atom stereocenters. The zero-order valence-corrected chi connectivity index (χ0v) is 26.1. The van der Waals surface area contributed by atoms with Crippen LogP contribution in [0.1, 0.15) is 124 Å².